The van der Waals surface area contributed by atoms with Gasteiger partial charge in [-0.3, -0.25) is 14.4 Å². The lowest BCUT2D eigenvalue weighted by molar-refractivity contribution is -0.121. The van der Waals surface area contributed by atoms with Crippen molar-refractivity contribution >= 4 is 5.91 Å². The molecule has 2 aromatic rings. The number of benzene rings is 1. The van der Waals surface area contributed by atoms with Crippen LogP contribution in [0.1, 0.15) is 36.4 Å². The Balaban J connectivity index is 1.40. The van der Waals surface area contributed by atoms with E-state index in [1.807, 2.05) is 36.1 Å². The van der Waals surface area contributed by atoms with E-state index in [1.54, 1.807) is 0 Å². The van der Waals surface area contributed by atoms with E-state index in [-0.39, 0.29) is 5.91 Å². The van der Waals surface area contributed by atoms with Gasteiger partial charge in [0.15, 0.2) is 0 Å². The third-order valence-electron chi connectivity index (χ3n) is 4.68. The largest absolute Gasteiger partial charge is 0.356 e. The van der Waals surface area contributed by atoms with E-state index in [2.05, 4.69) is 33.6 Å². The van der Waals surface area contributed by atoms with Gasteiger partial charge in [0.2, 0.25) is 5.91 Å². The molecule has 2 heterocycles. The predicted molar refractivity (Wildman–Crippen MR) is 94.5 cm³/mol. The van der Waals surface area contributed by atoms with Crippen molar-refractivity contribution in [3.8, 4) is 0 Å². The van der Waals surface area contributed by atoms with Gasteiger partial charge in [0.1, 0.15) is 0 Å². The molecule has 0 saturated carbocycles. The molecule has 0 aliphatic carbocycles. The molecule has 24 heavy (non-hydrogen) atoms. The van der Waals surface area contributed by atoms with Crippen LogP contribution in [0.25, 0.3) is 0 Å². The fourth-order valence-electron chi connectivity index (χ4n) is 3.41. The Hall–Kier alpha value is -2.14. The SMILES string of the molecule is Cn1cc(C2CCCN2CCC(=O)NCCc2ccccc2)cn1. The molecule has 1 N–H and O–H groups in total. The summed E-state index contributed by atoms with van der Waals surface area (Å²) >= 11 is 0. The highest BCUT2D eigenvalue weighted by Crippen LogP contribution is 2.31. The van der Waals surface area contributed by atoms with Crippen molar-refractivity contribution in [3.63, 3.8) is 0 Å². The van der Waals surface area contributed by atoms with Crippen LogP contribution in [0.15, 0.2) is 42.7 Å². The van der Waals surface area contributed by atoms with Crippen LogP contribution in [0.3, 0.4) is 0 Å². The van der Waals surface area contributed by atoms with Gasteiger partial charge >= 0.3 is 0 Å². The number of aryl methyl sites for hydroxylation is 1. The summed E-state index contributed by atoms with van der Waals surface area (Å²) < 4.78 is 1.85. The van der Waals surface area contributed by atoms with Gasteiger partial charge in [0.25, 0.3) is 0 Å². The van der Waals surface area contributed by atoms with E-state index in [4.69, 9.17) is 0 Å². The van der Waals surface area contributed by atoms with Gasteiger partial charge in [-0.15, -0.1) is 0 Å². The van der Waals surface area contributed by atoms with Crippen LogP contribution in [0, 0.1) is 0 Å². The highest BCUT2D eigenvalue weighted by Gasteiger charge is 2.26. The van der Waals surface area contributed by atoms with Gasteiger partial charge in [0, 0.05) is 44.4 Å². The lowest BCUT2D eigenvalue weighted by atomic mass is 10.1. The van der Waals surface area contributed by atoms with E-state index in [9.17, 15) is 4.79 Å². The van der Waals surface area contributed by atoms with Crippen LogP contribution in [0.2, 0.25) is 0 Å². The van der Waals surface area contributed by atoms with Crippen molar-refractivity contribution in [2.24, 2.45) is 7.05 Å². The summed E-state index contributed by atoms with van der Waals surface area (Å²) in [5, 5.41) is 7.30. The normalized spacial score (nSPS) is 18.0. The molecule has 0 radical (unpaired) electrons. The first-order valence-corrected chi connectivity index (χ1v) is 8.75. The van der Waals surface area contributed by atoms with Gasteiger partial charge in [-0.05, 0) is 31.4 Å². The number of hydrogen-bond donors (Lipinski definition) is 1. The Labute approximate surface area is 143 Å². The number of carbonyl (C=O) groups excluding carboxylic acids is 1. The maximum absolute atomic E-state index is 12.1. The minimum Gasteiger partial charge on any atom is -0.356 e. The first-order chi connectivity index (χ1) is 11.7. The molecule has 1 amide bonds. The molecule has 1 aromatic heterocycles. The maximum atomic E-state index is 12.1. The fourth-order valence-corrected chi connectivity index (χ4v) is 3.41. The van der Waals surface area contributed by atoms with Gasteiger partial charge < -0.3 is 5.32 Å². The van der Waals surface area contributed by atoms with E-state index in [0.29, 0.717) is 19.0 Å². The van der Waals surface area contributed by atoms with Crippen molar-refractivity contribution in [2.45, 2.75) is 31.7 Å². The average Bonchev–Trinajstić information content (AvgIpc) is 3.22. The van der Waals surface area contributed by atoms with Crippen molar-refractivity contribution in [3.05, 3.63) is 53.9 Å². The van der Waals surface area contributed by atoms with Gasteiger partial charge in [0.05, 0.1) is 6.20 Å². The fraction of sp³-hybridized carbons (Fsp3) is 0.474. The molecule has 0 bridgehead atoms. The molecule has 1 unspecified atom stereocenters. The van der Waals surface area contributed by atoms with Crippen LogP contribution in [0.4, 0.5) is 0 Å². The molecular formula is C19H26N4O. The molecular weight excluding hydrogens is 300 g/mol. The average molecular weight is 326 g/mol. The topological polar surface area (TPSA) is 50.2 Å². The maximum Gasteiger partial charge on any atom is 0.221 e. The van der Waals surface area contributed by atoms with E-state index in [0.717, 1.165) is 25.9 Å². The Kier molecular flexibility index (Phi) is 5.64. The first kappa shape index (κ1) is 16.7. The summed E-state index contributed by atoms with van der Waals surface area (Å²) in [5.41, 5.74) is 2.52. The zero-order valence-electron chi connectivity index (χ0n) is 14.3. The van der Waals surface area contributed by atoms with Crippen molar-refractivity contribution in [1.82, 2.24) is 20.0 Å². The van der Waals surface area contributed by atoms with Gasteiger partial charge in [-0.2, -0.15) is 5.10 Å². The van der Waals surface area contributed by atoms with Crippen LogP contribution in [-0.2, 0) is 18.3 Å². The second-order valence-electron chi connectivity index (χ2n) is 6.48. The zero-order valence-corrected chi connectivity index (χ0v) is 14.3. The Morgan fingerprint density at radius 2 is 2.17 bits per heavy atom. The summed E-state index contributed by atoms with van der Waals surface area (Å²) in [6, 6.07) is 10.7. The molecule has 0 spiro atoms. The van der Waals surface area contributed by atoms with E-state index >= 15 is 0 Å². The quantitative estimate of drug-likeness (QED) is 0.849. The summed E-state index contributed by atoms with van der Waals surface area (Å²) in [6.07, 6.45) is 7.82. The second-order valence-corrected chi connectivity index (χ2v) is 6.48. The highest BCUT2D eigenvalue weighted by atomic mass is 16.1. The number of hydrogen-bond acceptors (Lipinski definition) is 3. The third-order valence-corrected chi connectivity index (χ3v) is 4.68. The molecule has 5 nitrogen and oxygen atoms in total. The predicted octanol–water partition coefficient (Wildman–Crippen LogP) is 2.31. The molecule has 1 saturated heterocycles. The molecule has 128 valence electrons. The van der Waals surface area contributed by atoms with Crippen LogP contribution < -0.4 is 5.32 Å². The van der Waals surface area contributed by atoms with Crippen LogP contribution >= 0.6 is 0 Å². The molecule has 3 rings (SSSR count). The summed E-state index contributed by atoms with van der Waals surface area (Å²) in [6.45, 7) is 2.59. The number of carbonyl (C=O) groups is 1. The lowest BCUT2D eigenvalue weighted by Gasteiger charge is -2.23. The Bertz CT molecular complexity index is 652. The minimum absolute atomic E-state index is 0.141. The molecule has 1 aliphatic heterocycles. The van der Waals surface area contributed by atoms with Gasteiger partial charge in [-0.25, -0.2) is 0 Å². The molecule has 1 aromatic carbocycles. The standard InChI is InChI=1S/C19H26N4O/c1-22-15-17(14-21-22)18-8-5-12-23(18)13-10-19(24)20-11-9-16-6-3-2-4-7-16/h2-4,6-7,14-15,18H,5,8-13H2,1H3,(H,20,24). The number of rotatable bonds is 7. The lowest BCUT2D eigenvalue weighted by Crippen LogP contribution is -2.31. The number of amides is 1. The van der Waals surface area contributed by atoms with Crippen LogP contribution in [0.5, 0.6) is 0 Å². The molecule has 1 atom stereocenters. The van der Waals surface area contributed by atoms with Crippen molar-refractivity contribution in [2.75, 3.05) is 19.6 Å². The minimum atomic E-state index is 0.141. The monoisotopic (exact) mass is 326 g/mol. The first-order valence-electron chi connectivity index (χ1n) is 8.75. The molecule has 1 aliphatic rings. The highest BCUT2D eigenvalue weighted by molar-refractivity contribution is 5.76. The Morgan fingerprint density at radius 3 is 2.92 bits per heavy atom. The van der Waals surface area contributed by atoms with Crippen molar-refractivity contribution < 1.29 is 4.79 Å². The van der Waals surface area contributed by atoms with Crippen molar-refractivity contribution in [1.29, 1.82) is 0 Å². The molecule has 5 heteroatoms. The smallest absolute Gasteiger partial charge is 0.221 e. The zero-order chi connectivity index (χ0) is 16.8. The summed E-state index contributed by atoms with van der Waals surface area (Å²) in [7, 11) is 1.95. The van der Waals surface area contributed by atoms with E-state index in [1.165, 1.54) is 17.5 Å². The van der Waals surface area contributed by atoms with Gasteiger partial charge in [-0.1, -0.05) is 30.3 Å². The number of likely N-dealkylation sites (tertiary alicyclic amines) is 1. The van der Waals surface area contributed by atoms with E-state index < -0.39 is 0 Å². The number of nitrogens with zero attached hydrogens (tertiary/aromatic N) is 3. The number of nitrogens with one attached hydrogen (secondary N) is 1. The summed E-state index contributed by atoms with van der Waals surface area (Å²) in [4.78, 5) is 14.5. The second kappa shape index (κ2) is 8.11. The number of aromatic nitrogens is 2. The van der Waals surface area contributed by atoms with Crippen LogP contribution in [-0.4, -0.2) is 40.2 Å². The Morgan fingerprint density at radius 1 is 1.33 bits per heavy atom. The third kappa shape index (κ3) is 4.45. The molecule has 1 fully saturated rings. The summed E-state index contributed by atoms with van der Waals surface area (Å²) in [5.74, 6) is 0.141.